The molecule has 0 spiro atoms. The highest BCUT2D eigenvalue weighted by Crippen LogP contribution is 2.52. The molecule has 2 heterocycles. The quantitative estimate of drug-likeness (QED) is 0.846. The van der Waals surface area contributed by atoms with Gasteiger partial charge in [-0.15, -0.1) is 0 Å². The van der Waals surface area contributed by atoms with Crippen LogP contribution in [0.4, 0.5) is 0 Å². The van der Waals surface area contributed by atoms with E-state index >= 15 is 0 Å². The number of hydrogen-bond acceptors (Lipinski definition) is 6. The van der Waals surface area contributed by atoms with Gasteiger partial charge in [-0.05, 0) is 40.9 Å². The molecule has 0 aromatic carbocycles. The van der Waals surface area contributed by atoms with Crippen LogP contribution in [0, 0.1) is 45.3 Å². The van der Waals surface area contributed by atoms with Crippen molar-refractivity contribution in [3.05, 3.63) is 45.3 Å². The van der Waals surface area contributed by atoms with Crippen LogP contribution in [-0.4, -0.2) is 24.5 Å². The molecule has 1 aliphatic carbocycles. The predicted octanol–water partition coefficient (Wildman–Crippen LogP) is 2.88. The molecule has 0 radical (unpaired) electrons. The fourth-order valence-electron chi connectivity index (χ4n) is 4.03. The zero-order valence-corrected chi connectivity index (χ0v) is 14.9. The van der Waals surface area contributed by atoms with Gasteiger partial charge in [0.05, 0.1) is 29.5 Å². The summed E-state index contributed by atoms with van der Waals surface area (Å²) >= 11 is 1.57. The highest BCUT2D eigenvalue weighted by molar-refractivity contribution is 7.08. The third-order valence-corrected chi connectivity index (χ3v) is 5.86. The van der Waals surface area contributed by atoms with Crippen LogP contribution in [0.15, 0.2) is 39.7 Å². The highest BCUT2D eigenvalue weighted by Gasteiger charge is 2.52. The number of fused-ring (bicyclic) bond motifs is 1. The molecule has 3 rings (SSSR count). The second-order valence-corrected chi connectivity index (χ2v) is 7.25. The van der Waals surface area contributed by atoms with Crippen LogP contribution < -0.4 is 5.73 Å². The van der Waals surface area contributed by atoms with Crippen LogP contribution in [0.5, 0.6) is 0 Å². The molecule has 1 aromatic rings. The van der Waals surface area contributed by atoms with Gasteiger partial charge in [0.15, 0.2) is 0 Å². The largest absolute Gasteiger partial charge is 0.399 e. The van der Waals surface area contributed by atoms with Gasteiger partial charge in [0, 0.05) is 24.9 Å². The molecule has 1 aliphatic heterocycles. The van der Waals surface area contributed by atoms with Gasteiger partial charge in [-0.1, -0.05) is 13.0 Å². The Bertz CT molecular complexity index is 830. The minimum Gasteiger partial charge on any atom is -0.399 e. The zero-order chi connectivity index (χ0) is 18.0. The van der Waals surface area contributed by atoms with E-state index < -0.39 is 5.41 Å². The molecular weight excluding hydrogens is 330 g/mol. The number of rotatable bonds is 3. The van der Waals surface area contributed by atoms with E-state index in [-0.39, 0.29) is 17.5 Å². The van der Waals surface area contributed by atoms with Crippen molar-refractivity contribution < 1.29 is 0 Å². The van der Waals surface area contributed by atoms with E-state index in [9.17, 15) is 15.8 Å². The molecule has 6 heteroatoms. The average Bonchev–Trinajstić information content (AvgIpc) is 3.16. The minimum absolute atomic E-state index is 0.0869. The van der Waals surface area contributed by atoms with E-state index in [1.54, 1.807) is 11.3 Å². The van der Waals surface area contributed by atoms with Crippen LogP contribution in [0.2, 0.25) is 0 Å². The molecule has 25 heavy (non-hydrogen) atoms. The van der Waals surface area contributed by atoms with Crippen molar-refractivity contribution in [2.45, 2.75) is 19.3 Å². The SMILES string of the molecule is CCCN1CC=C2[C@H](C1)[C@@H](c1ccsc1)C(C#N)=C(N)C2(C#N)C#N. The summed E-state index contributed by atoms with van der Waals surface area (Å²) in [6.45, 7) is 4.51. The average molecular weight is 349 g/mol. The second-order valence-electron chi connectivity index (χ2n) is 6.47. The maximum Gasteiger partial charge on any atom is 0.204 e. The number of nitrogens with zero attached hydrogens (tertiary/aromatic N) is 4. The molecule has 2 N–H and O–H groups in total. The predicted molar refractivity (Wildman–Crippen MR) is 95.8 cm³/mol. The highest BCUT2D eigenvalue weighted by atomic mass is 32.1. The van der Waals surface area contributed by atoms with Crippen LogP contribution in [-0.2, 0) is 0 Å². The Morgan fingerprint density at radius 2 is 2.12 bits per heavy atom. The van der Waals surface area contributed by atoms with Crippen molar-refractivity contribution >= 4 is 11.3 Å². The van der Waals surface area contributed by atoms with Gasteiger partial charge in [-0.3, -0.25) is 4.90 Å². The molecule has 5 nitrogen and oxygen atoms in total. The van der Waals surface area contributed by atoms with Crippen molar-refractivity contribution in [2.24, 2.45) is 17.1 Å². The van der Waals surface area contributed by atoms with E-state index in [0.29, 0.717) is 12.1 Å². The number of thiophene rings is 1. The van der Waals surface area contributed by atoms with Crippen molar-refractivity contribution in [1.29, 1.82) is 15.8 Å². The molecule has 0 unspecified atom stereocenters. The van der Waals surface area contributed by atoms with Crippen LogP contribution in [0.1, 0.15) is 24.8 Å². The van der Waals surface area contributed by atoms with Crippen molar-refractivity contribution in [2.75, 3.05) is 19.6 Å². The Morgan fingerprint density at radius 3 is 2.68 bits per heavy atom. The maximum absolute atomic E-state index is 9.80. The van der Waals surface area contributed by atoms with E-state index in [1.807, 2.05) is 22.9 Å². The second kappa shape index (κ2) is 6.73. The normalized spacial score (nSPS) is 25.3. The standard InChI is InChI=1S/C19H19N5S/c1-2-5-24-6-3-16-15(9-24)17(13-4-7-25-10-13)14(8-20)18(23)19(16,11-21)12-22/h3-4,7,10,15,17H,2,5-6,9,23H2,1H3/t15-,17-/m0/s1. The van der Waals surface area contributed by atoms with Crippen molar-refractivity contribution in [3.8, 4) is 18.2 Å². The first-order chi connectivity index (χ1) is 12.1. The first-order valence-corrected chi connectivity index (χ1v) is 9.24. The summed E-state index contributed by atoms with van der Waals surface area (Å²) in [6, 6.07) is 8.44. The molecule has 126 valence electrons. The van der Waals surface area contributed by atoms with Gasteiger partial charge >= 0.3 is 0 Å². The van der Waals surface area contributed by atoms with Gasteiger partial charge < -0.3 is 5.73 Å². The van der Waals surface area contributed by atoms with Crippen molar-refractivity contribution in [3.63, 3.8) is 0 Å². The fourth-order valence-corrected chi connectivity index (χ4v) is 4.72. The number of hydrogen-bond donors (Lipinski definition) is 1. The third kappa shape index (κ3) is 2.53. The van der Waals surface area contributed by atoms with Gasteiger partial charge in [-0.2, -0.15) is 27.1 Å². The molecule has 1 aromatic heterocycles. The lowest BCUT2D eigenvalue weighted by molar-refractivity contribution is 0.225. The molecule has 0 fully saturated rings. The number of allylic oxidation sites excluding steroid dienone is 2. The van der Waals surface area contributed by atoms with Gasteiger partial charge in [0.2, 0.25) is 5.41 Å². The van der Waals surface area contributed by atoms with Gasteiger partial charge in [-0.25, -0.2) is 0 Å². The van der Waals surface area contributed by atoms with Crippen LogP contribution in [0.25, 0.3) is 0 Å². The maximum atomic E-state index is 9.80. The number of nitrogens with two attached hydrogens (primary N) is 1. The molecular formula is C19H19N5S. The lowest BCUT2D eigenvalue weighted by Crippen LogP contribution is -2.47. The lowest BCUT2D eigenvalue weighted by Gasteiger charge is -2.44. The third-order valence-electron chi connectivity index (χ3n) is 5.16. The molecule has 2 aliphatic rings. The van der Waals surface area contributed by atoms with Gasteiger partial charge in [0.25, 0.3) is 0 Å². The van der Waals surface area contributed by atoms with Crippen LogP contribution >= 0.6 is 11.3 Å². The molecule has 0 bridgehead atoms. The minimum atomic E-state index is -1.53. The van der Waals surface area contributed by atoms with Crippen LogP contribution in [0.3, 0.4) is 0 Å². The number of nitriles is 3. The summed E-state index contributed by atoms with van der Waals surface area (Å²) in [5.74, 6) is -0.284. The first kappa shape index (κ1) is 17.2. The molecule has 0 saturated heterocycles. The topological polar surface area (TPSA) is 101 Å². The zero-order valence-electron chi connectivity index (χ0n) is 14.1. The summed E-state index contributed by atoms with van der Waals surface area (Å²) in [4.78, 5) is 2.31. The molecule has 0 saturated carbocycles. The first-order valence-electron chi connectivity index (χ1n) is 8.30. The monoisotopic (exact) mass is 349 g/mol. The Labute approximate surface area is 151 Å². The molecule has 0 amide bonds. The Kier molecular flexibility index (Phi) is 4.64. The Balaban J connectivity index is 2.23. The lowest BCUT2D eigenvalue weighted by atomic mass is 9.60. The molecule has 2 atom stereocenters. The Morgan fingerprint density at radius 1 is 1.36 bits per heavy atom. The summed E-state index contributed by atoms with van der Waals surface area (Å²) in [7, 11) is 0. The summed E-state index contributed by atoms with van der Waals surface area (Å²) < 4.78 is 0. The van der Waals surface area contributed by atoms with Gasteiger partial charge in [0.1, 0.15) is 0 Å². The van der Waals surface area contributed by atoms with E-state index in [0.717, 1.165) is 30.6 Å². The van der Waals surface area contributed by atoms with E-state index in [2.05, 4.69) is 30.0 Å². The van der Waals surface area contributed by atoms with E-state index in [4.69, 9.17) is 5.73 Å². The Hall–Kier alpha value is -2.59. The summed E-state index contributed by atoms with van der Waals surface area (Å²) in [5.41, 5.74) is 6.98. The van der Waals surface area contributed by atoms with Crippen molar-refractivity contribution in [1.82, 2.24) is 4.90 Å². The summed E-state index contributed by atoms with van der Waals surface area (Å²) in [6.07, 6.45) is 3.01. The summed E-state index contributed by atoms with van der Waals surface area (Å²) in [5, 5.41) is 33.4. The van der Waals surface area contributed by atoms with E-state index in [1.165, 1.54) is 0 Å². The fraction of sp³-hybridized carbons (Fsp3) is 0.421. The smallest absolute Gasteiger partial charge is 0.204 e.